The van der Waals surface area contributed by atoms with Crippen LogP contribution < -0.4 is 15.8 Å². The van der Waals surface area contributed by atoms with Crippen LogP contribution in [0.2, 0.25) is 0 Å². The lowest BCUT2D eigenvalue weighted by molar-refractivity contribution is -0.121. The van der Waals surface area contributed by atoms with Gasteiger partial charge in [-0.15, -0.1) is 11.3 Å². The molecule has 1 N–H and O–H groups in total. The first-order valence-electron chi connectivity index (χ1n) is 13.9. The van der Waals surface area contributed by atoms with Crippen LogP contribution in [0.3, 0.4) is 0 Å². The van der Waals surface area contributed by atoms with Crippen LogP contribution in [0, 0.1) is 6.92 Å². The summed E-state index contributed by atoms with van der Waals surface area (Å²) in [6.45, 7) is 5.68. The lowest BCUT2D eigenvalue weighted by atomic mass is 10.00. The fraction of sp³-hybridized carbons (Fsp3) is 0.393. The Bertz CT molecular complexity index is 1770. The number of rotatable bonds is 8. The van der Waals surface area contributed by atoms with Crippen molar-refractivity contribution < 1.29 is 13.2 Å². The molecule has 0 bridgehead atoms. The van der Waals surface area contributed by atoms with E-state index in [1.807, 2.05) is 11.0 Å². The molecule has 0 radical (unpaired) electrons. The molecule has 2 aliphatic rings. The Morgan fingerprint density at radius 2 is 1.74 bits per heavy atom. The highest BCUT2D eigenvalue weighted by molar-refractivity contribution is 7.89. The van der Waals surface area contributed by atoms with Crippen molar-refractivity contribution >= 4 is 43.4 Å². The van der Waals surface area contributed by atoms with Gasteiger partial charge < -0.3 is 10.2 Å². The van der Waals surface area contributed by atoms with Crippen molar-refractivity contribution in [3.05, 3.63) is 75.4 Å². The largest absolute Gasteiger partial charge is 0.353 e. The number of aromatic nitrogens is 4. The third kappa shape index (κ3) is 5.67. The molecule has 2 aliphatic heterocycles. The van der Waals surface area contributed by atoms with Gasteiger partial charge in [-0.2, -0.15) is 4.31 Å². The Balaban J connectivity index is 1.12. The molecule has 220 valence electrons. The molecule has 5 heterocycles. The van der Waals surface area contributed by atoms with Crippen molar-refractivity contribution in [2.24, 2.45) is 0 Å². The molecule has 0 saturated carbocycles. The van der Waals surface area contributed by atoms with Gasteiger partial charge in [0.2, 0.25) is 21.9 Å². The number of nitrogens with one attached hydrogen (secondary N) is 1. The van der Waals surface area contributed by atoms with Crippen molar-refractivity contribution in [1.29, 1.82) is 0 Å². The summed E-state index contributed by atoms with van der Waals surface area (Å²) in [4.78, 5) is 44.2. The second-order valence-corrected chi connectivity index (χ2v) is 13.5. The number of nitrogens with zero attached hydrogens (tertiary/aromatic N) is 7. The molecule has 1 fully saturated rings. The summed E-state index contributed by atoms with van der Waals surface area (Å²) < 4.78 is 30.2. The maximum absolute atomic E-state index is 13.8. The number of carbonyl (C=O) groups excluding carboxylic acids is 1. The number of amides is 1. The topological polar surface area (TPSA) is 134 Å². The fourth-order valence-electron chi connectivity index (χ4n) is 5.56. The minimum Gasteiger partial charge on any atom is -0.353 e. The minimum atomic E-state index is -3.98. The first-order chi connectivity index (χ1) is 20.3. The number of sulfonamides is 1. The van der Waals surface area contributed by atoms with Gasteiger partial charge in [0.15, 0.2) is 0 Å². The zero-order valence-electron chi connectivity index (χ0n) is 23.3. The van der Waals surface area contributed by atoms with E-state index < -0.39 is 15.6 Å². The molecular weight excluding hydrogens is 576 g/mol. The molecule has 0 spiro atoms. The molecule has 0 aliphatic carbocycles. The van der Waals surface area contributed by atoms with Crippen LogP contribution in [-0.4, -0.2) is 88.9 Å². The van der Waals surface area contributed by atoms with Gasteiger partial charge in [-0.25, -0.2) is 23.4 Å². The number of anilines is 1. The van der Waals surface area contributed by atoms with E-state index in [2.05, 4.69) is 43.4 Å². The summed E-state index contributed by atoms with van der Waals surface area (Å²) in [7, 11) is -3.98. The van der Waals surface area contributed by atoms with Gasteiger partial charge in [0, 0.05) is 69.6 Å². The Morgan fingerprint density at radius 1 is 1.00 bits per heavy atom. The number of carbonyl (C=O) groups is 1. The molecule has 42 heavy (non-hydrogen) atoms. The third-order valence-corrected chi connectivity index (χ3v) is 11.0. The maximum Gasteiger partial charge on any atom is 0.263 e. The van der Waals surface area contributed by atoms with E-state index in [1.54, 1.807) is 25.4 Å². The minimum absolute atomic E-state index is 0.0236. The number of hydrogen-bond acceptors (Lipinski definition) is 10. The Labute approximate surface area is 247 Å². The summed E-state index contributed by atoms with van der Waals surface area (Å²) in [6.07, 6.45) is 5.60. The molecule has 1 amide bonds. The first kappa shape index (κ1) is 28.4. The Kier molecular flexibility index (Phi) is 8.03. The molecule has 0 unspecified atom stereocenters. The SMILES string of the molecule is Cc1sc2ncn(CC(=O)NCCN3CCc4ccccc4C3)c(=O)c2c1S(=O)(=O)N1CCN(c2ncccn2)CC1. The summed E-state index contributed by atoms with van der Waals surface area (Å²) in [6, 6.07) is 10.1. The van der Waals surface area contributed by atoms with Crippen molar-refractivity contribution in [3.63, 3.8) is 0 Å². The standard InChI is InChI=1S/C28H32N8O4S2/c1-20-25(42(39,40)36-15-13-34(14-16-36)28-30-8-4-9-31-28)24-26(41-20)32-19-35(27(24)38)18-23(37)29-10-12-33-11-7-21-5-2-3-6-22(21)17-33/h2-6,8-9,19H,7,10-18H2,1H3,(H,29,37). The van der Waals surface area contributed by atoms with Gasteiger partial charge in [0.25, 0.3) is 5.56 Å². The predicted octanol–water partition coefficient (Wildman–Crippen LogP) is 1.24. The Morgan fingerprint density at radius 3 is 2.50 bits per heavy atom. The molecular formula is C28H32N8O4S2. The van der Waals surface area contributed by atoms with Crippen LogP contribution in [0.4, 0.5) is 5.95 Å². The van der Waals surface area contributed by atoms with Gasteiger partial charge in [0.05, 0.1) is 11.7 Å². The second kappa shape index (κ2) is 11.9. The lowest BCUT2D eigenvalue weighted by Gasteiger charge is -2.33. The van der Waals surface area contributed by atoms with Crippen molar-refractivity contribution in [2.45, 2.75) is 31.3 Å². The number of piperazine rings is 1. The van der Waals surface area contributed by atoms with Crippen molar-refractivity contribution in [1.82, 2.24) is 34.0 Å². The van der Waals surface area contributed by atoms with Crippen LogP contribution in [0.1, 0.15) is 16.0 Å². The fourth-order valence-corrected chi connectivity index (χ4v) is 8.65. The van der Waals surface area contributed by atoms with Gasteiger partial charge in [0.1, 0.15) is 16.3 Å². The molecule has 1 aromatic carbocycles. The summed E-state index contributed by atoms with van der Waals surface area (Å²) in [5.74, 6) is 0.226. The average molecular weight is 609 g/mol. The van der Waals surface area contributed by atoms with Crippen molar-refractivity contribution in [3.8, 4) is 0 Å². The van der Waals surface area contributed by atoms with E-state index in [0.29, 0.717) is 41.8 Å². The maximum atomic E-state index is 13.8. The quantitative estimate of drug-likeness (QED) is 0.314. The van der Waals surface area contributed by atoms with E-state index in [0.717, 1.165) is 19.5 Å². The third-order valence-electron chi connectivity index (χ3n) is 7.74. The summed E-state index contributed by atoms with van der Waals surface area (Å²) in [5.41, 5.74) is 2.14. The van der Waals surface area contributed by atoms with Gasteiger partial charge in [-0.05, 0) is 30.5 Å². The average Bonchev–Trinajstić information content (AvgIpc) is 3.36. The van der Waals surface area contributed by atoms with Crippen LogP contribution in [0.25, 0.3) is 10.2 Å². The summed E-state index contributed by atoms with van der Waals surface area (Å²) >= 11 is 1.17. The zero-order valence-corrected chi connectivity index (χ0v) is 24.9. The van der Waals surface area contributed by atoms with E-state index in [4.69, 9.17) is 0 Å². The van der Waals surface area contributed by atoms with Crippen LogP contribution >= 0.6 is 11.3 Å². The van der Waals surface area contributed by atoms with Crippen LogP contribution in [0.15, 0.2) is 58.7 Å². The van der Waals surface area contributed by atoms with E-state index >= 15 is 0 Å². The molecule has 0 atom stereocenters. The Hall–Kier alpha value is -3.72. The molecule has 14 heteroatoms. The smallest absolute Gasteiger partial charge is 0.263 e. The van der Waals surface area contributed by atoms with E-state index in [9.17, 15) is 18.0 Å². The number of hydrogen-bond donors (Lipinski definition) is 1. The van der Waals surface area contributed by atoms with Gasteiger partial charge >= 0.3 is 0 Å². The van der Waals surface area contributed by atoms with E-state index in [-0.39, 0.29) is 35.8 Å². The predicted molar refractivity (Wildman–Crippen MR) is 160 cm³/mol. The first-order valence-corrected chi connectivity index (χ1v) is 16.1. The molecule has 1 saturated heterocycles. The zero-order chi connectivity index (χ0) is 29.3. The van der Waals surface area contributed by atoms with Crippen LogP contribution in [0.5, 0.6) is 0 Å². The number of fused-ring (bicyclic) bond motifs is 2. The highest BCUT2D eigenvalue weighted by atomic mass is 32.2. The van der Waals surface area contributed by atoms with Crippen molar-refractivity contribution in [2.75, 3.05) is 50.7 Å². The van der Waals surface area contributed by atoms with E-state index in [1.165, 1.54) is 37.7 Å². The summed E-state index contributed by atoms with van der Waals surface area (Å²) in [5, 5.41) is 2.93. The number of thiophene rings is 1. The number of aryl methyl sites for hydroxylation is 1. The molecule has 3 aromatic heterocycles. The highest BCUT2D eigenvalue weighted by Crippen LogP contribution is 2.33. The highest BCUT2D eigenvalue weighted by Gasteiger charge is 2.34. The van der Waals surface area contributed by atoms with Gasteiger partial charge in [-0.3, -0.25) is 19.1 Å². The van der Waals surface area contributed by atoms with Gasteiger partial charge in [-0.1, -0.05) is 24.3 Å². The molecule has 4 aromatic rings. The number of benzene rings is 1. The molecule has 12 nitrogen and oxygen atoms in total. The molecule has 6 rings (SSSR count). The normalized spacial score (nSPS) is 16.5. The lowest BCUT2D eigenvalue weighted by Crippen LogP contribution is -2.49. The van der Waals surface area contributed by atoms with Crippen LogP contribution in [-0.2, 0) is 34.3 Å². The monoisotopic (exact) mass is 608 g/mol. The second-order valence-electron chi connectivity index (χ2n) is 10.4.